The van der Waals surface area contributed by atoms with E-state index in [4.69, 9.17) is 11.5 Å². The Bertz CT molecular complexity index is 446. The number of nitrogens with two attached hydrogens (primary N) is 2. The van der Waals surface area contributed by atoms with E-state index in [1.165, 1.54) is 0 Å². The summed E-state index contributed by atoms with van der Waals surface area (Å²) in [5.41, 5.74) is 13.5. The van der Waals surface area contributed by atoms with Gasteiger partial charge in [-0.25, -0.2) is 0 Å². The molecule has 0 atom stereocenters. The Morgan fingerprint density at radius 1 is 1.36 bits per heavy atom. The normalized spacial score (nSPS) is 10.4. The van der Waals surface area contributed by atoms with Crippen LogP contribution < -0.4 is 11.5 Å². The van der Waals surface area contributed by atoms with Gasteiger partial charge in [0.2, 0.25) is 0 Å². The van der Waals surface area contributed by atoms with Crippen molar-refractivity contribution in [3.05, 3.63) is 24.5 Å². The summed E-state index contributed by atoms with van der Waals surface area (Å²) in [5.74, 6) is 0.476. The van der Waals surface area contributed by atoms with Crippen LogP contribution in [0.15, 0.2) is 24.5 Å². The van der Waals surface area contributed by atoms with Crippen molar-refractivity contribution < 1.29 is 0 Å². The van der Waals surface area contributed by atoms with E-state index < -0.39 is 0 Å². The molecule has 72 valence electrons. The molecule has 0 fully saturated rings. The number of nitrogen functional groups attached to an aromatic ring is 2. The zero-order valence-electron chi connectivity index (χ0n) is 7.81. The van der Waals surface area contributed by atoms with Crippen LogP contribution in [0.3, 0.4) is 0 Å². The van der Waals surface area contributed by atoms with Crippen molar-refractivity contribution in [3.8, 4) is 11.3 Å². The van der Waals surface area contributed by atoms with Gasteiger partial charge in [0.05, 0.1) is 0 Å². The summed E-state index contributed by atoms with van der Waals surface area (Å²) >= 11 is 0. The van der Waals surface area contributed by atoms with E-state index in [1.54, 1.807) is 24.1 Å². The first-order valence-electron chi connectivity index (χ1n) is 4.18. The largest absolute Gasteiger partial charge is 0.394 e. The Labute approximate surface area is 81.4 Å². The summed E-state index contributed by atoms with van der Waals surface area (Å²) in [6.45, 7) is 0. The molecule has 2 heterocycles. The summed E-state index contributed by atoms with van der Waals surface area (Å²) in [4.78, 5) is 4.00. The fourth-order valence-corrected chi connectivity index (χ4v) is 1.27. The fourth-order valence-electron chi connectivity index (χ4n) is 1.27. The molecule has 0 aromatic carbocycles. The maximum Gasteiger partial charge on any atom is 0.145 e. The summed E-state index contributed by atoms with van der Waals surface area (Å²) in [6, 6.07) is 3.73. The van der Waals surface area contributed by atoms with Gasteiger partial charge in [-0.3, -0.25) is 9.67 Å². The van der Waals surface area contributed by atoms with E-state index in [0.717, 1.165) is 5.56 Å². The van der Waals surface area contributed by atoms with Crippen molar-refractivity contribution in [1.82, 2.24) is 14.8 Å². The first-order valence-corrected chi connectivity index (χ1v) is 4.18. The lowest BCUT2D eigenvalue weighted by Gasteiger charge is -1.95. The number of anilines is 2. The molecule has 0 aliphatic heterocycles. The lowest BCUT2D eigenvalue weighted by molar-refractivity contribution is 0.782. The lowest BCUT2D eigenvalue weighted by atomic mass is 10.2. The third-order valence-corrected chi connectivity index (χ3v) is 2.06. The molecule has 0 unspecified atom stereocenters. The van der Waals surface area contributed by atoms with Crippen molar-refractivity contribution in [2.24, 2.45) is 7.05 Å². The highest BCUT2D eigenvalue weighted by Gasteiger charge is 2.11. The first-order chi connectivity index (χ1) is 6.70. The van der Waals surface area contributed by atoms with Crippen LogP contribution in [0.5, 0.6) is 0 Å². The van der Waals surface area contributed by atoms with E-state index in [9.17, 15) is 0 Å². The van der Waals surface area contributed by atoms with Gasteiger partial charge in [0, 0.05) is 25.0 Å². The molecule has 2 aromatic rings. The number of aromatic nitrogens is 3. The van der Waals surface area contributed by atoms with E-state index in [1.807, 2.05) is 12.1 Å². The van der Waals surface area contributed by atoms with Gasteiger partial charge in [0.25, 0.3) is 0 Å². The van der Waals surface area contributed by atoms with E-state index in [-0.39, 0.29) is 0 Å². The van der Waals surface area contributed by atoms with Gasteiger partial charge in [0.1, 0.15) is 17.2 Å². The number of hydrogen-bond acceptors (Lipinski definition) is 4. The number of nitrogens with zero attached hydrogens (tertiary/aromatic N) is 3. The molecule has 2 rings (SSSR count). The van der Waals surface area contributed by atoms with Gasteiger partial charge in [0.15, 0.2) is 0 Å². The van der Waals surface area contributed by atoms with Crippen LogP contribution in [-0.4, -0.2) is 14.8 Å². The Morgan fingerprint density at radius 2 is 2.14 bits per heavy atom. The molecule has 2 aromatic heterocycles. The summed E-state index contributed by atoms with van der Waals surface area (Å²) in [6.07, 6.45) is 3.41. The number of pyridine rings is 1. The molecule has 5 nitrogen and oxygen atoms in total. The van der Waals surface area contributed by atoms with E-state index in [0.29, 0.717) is 17.2 Å². The topological polar surface area (TPSA) is 82.8 Å². The molecule has 0 amide bonds. The molecule has 0 spiro atoms. The standard InChI is InChI=1S/C9H11N5/c1-14-9(11)7(10)8(13-14)6-3-2-4-12-5-6/h2-5H,10-11H2,1H3. The molecule has 0 radical (unpaired) electrons. The molecular weight excluding hydrogens is 178 g/mol. The Balaban J connectivity index is 2.58. The average Bonchev–Trinajstić information content (AvgIpc) is 2.47. The third-order valence-electron chi connectivity index (χ3n) is 2.06. The first kappa shape index (κ1) is 8.55. The summed E-state index contributed by atoms with van der Waals surface area (Å²) in [5, 5.41) is 4.21. The predicted molar refractivity (Wildman–Crippen MR) is 55.3 cm³/mol. The molecule has 0 bridgehead atoms. The minimum Gasteiger partial charge on any atom is -0.394 e. The molecule has 5 heteroatoms. The van der Waals surface area contributed by atoms with Crippen LogP contribution in [0.25, 0.3) is 11.3 Å². The summed E-state index contributed by atoms with van der Waals surface area (Å²) in [7, 11) is 1.76. The van der Waals surface area contributed by atoms with Gasteiger partial charge in [-0.15, -0.1) is 0 Å². The average molecular weight is 189 g/mol. The SMILES string of the molecule is Cn1nc(-c2cccnc2)c(N)c1N. The van der Waals surface area contributed by atoms with Crippen LogP contribution in [0.1, 0.15) is 0 Å². The Morgan fingerprint density at radius 3 is 2.64 bits per heavy atom. The smallest absolute Gasteiger partial charge is 0.145 e. The molecule has 0 saturated heterocycles. The minimum atomic E-state index is 0.476. The van der Waals surface area contributed by atoms with Crippen molar-refractivity contribution in [3.63, 3.8) is 0 Å². The molecular formula is C9H11N5. The van der Waals surface area contributed by atoms with Gasteiger partial charge in [-0.2, -0.15) is 5.10 Å². The highest BCUT2D eigenvalue weighted by Crippen LogP contribution is 2.27. The van der Waals surface area contributed by atoms with Crippen LogP contribution in [0.2, 0.25) is 0 Å². The maximum absolute atomic E-state index is 5.80. The molecule has 4 N–H and O–H groups in total. The van der Waals surface area contributed by atoms with Crippen LogP contribution >= 0.6 is 0 Å². The highest BCUT2D eigenvalue weighted by molar-refractivity contribution is 5.79. The predicted octanol–water partition coefficient (Wildman–Crippen LogP) is 0.647. The Kier molecular flexibility index (Phi) is 1.85. The van der Waals surface area contributed by atoms with Crippen molar-refractivity contribution in [2.75, 3.05) is 11.5 Å². The second-order valence-electron chi connectivity index (χ2n) is 3.01. The van der Waals surface area contributed by atoms with E-state index in [2.05, 4.69) is 10.1 Å². The molecule has 14 heavy (non-hydrogen) atoms. The van der Waals surface area contributed by atoms with Crippen molar-refractivity contribution >= 4 is 11.5 Å². The molecule has 0 aliphatic rings. The van der Waals surface area contributed by atoms with Gasteiger partial charge >= 0.3 is 0 Å². The Hall–Kier alpha value is -2.04. The zero-order chi connectivity index (χ0) is 10.1. The van der Waals surface area contributed by atoms with Gasteiger partial charge in [-0.1, -0.05) is 0 Å². The zero-order valence-corrected chi connectivity index (χ0v) is 7.81. The monoisotopic (exact) mass is 189 g/mol. The van der Waals surface area contributed by atoms with Gasteiger partial charge in [-0.05, 0) is 12.1 Å². The number of hydrogen-bond donors (Lipinski definition) is 2. The highest BCUT2D eigenvalue weighted by atomic mass is 15.3. The van der Waals surface area contributed by atoms with Gasteiger partial charge < -0.3 is 11.5 Å². The second-order valence-corrected chi connectivity index (χ2v) is 3.01. The number of rotatable bonds is 1. The number of aryl methyl sites for hydroxylation is 1. The lowest BCUT2D eigenvalue weighted by Crippen LogP contribution is -1.98. The van der Waals surface area contributed by atoms with Crippen molar-refractivity contribution in [1.29, 1.82) is 0 Å². The third kappa shape index (κ3) is 1.19. The maximum atomic E-state index is 5.80. The molecule has 0 saturated carbocycles. The quantitative estimate of drug-likeness (QED) is 0.689. The minimum absolute atomic E-state index is 0.476. The fraction of sp³-hybridized carbons (Fsp3) is 0.111. The second kappa shape index (κ2) is 3.02. The summed E-state index contributed by atoms with van der Waals surface area (Å²) < 4.78 is 1.55. The van der Waals surface area contributed by atoms with Crippen LogP contribution in [-0.2, 0) is 7.05 Å². The van der Waals surface area contributed by atoms with Crippen LogP contribution in [0, 0.1) is 0 Å². The van der Waals surface area contributed by atoms with Crippen LogP contribution in [0.4, 0.5) is 11.5 Å². The van der Waals surface area contributed by atoms with E-state index >= 15 is 0 Å². The van der Waals surface area contributed by atoms with Crippen molar-refractivity contribution in [2.45, 2.75) is 0 Å². The molecule has 0 aliphatic carbocycles.